The number of carbonyl (C=O) groups excluding carboxylic acids is 2. The lowest BCUT2D eigenvalue weighted by Gasteiger charge is -2.13. The lowest BCUT2D eigenvalue weighted by Crippen LogP contribution is -2.29. The minimum absolute atomic E-state index is 0.0330. The predicted octanol–water partition coefficient (Wildman–Crippen LogP) is 0.664. The molecule has 0 aromatic rings. The van der Waals surface area contributed by atoms with Crippen molar-refractivity contribution in [3.05, 3.63) is 0 Å². The third kappa shape index (κ3) is 1.75. The van der Waals surface area contributed by atoms with Gasteiger partial charge in [-0.25, -0.2) is 4.79 Å². The first kappa shape index (κ1) is 9.03. The number of Topliss-reactive ketones (excluding diaryl/α,β-unsaturated/α-hetero) is 1. The van der Waals surface area contributed by atoms with Crippen LogP contribution in [0.25, 0.3) is 0 Å². The molecule has 0 aromatic carbocycles. The standard InChI is InChI=1S/C8H13NO3/c1-3-12-8(11)9-4-6(2)7(10)5-9/h6H,3-5H2,1-2H3/t6-/m1/s1. The fraction of sp³-hybridized carbons (Fsp3) is 0.750. The first-order chi connectivity index (χ1) is 5.65. The Morgan fingerprint density at radius 3 is 2.83 bits per heavy atom. The van der Waals surface area contributed by atoms with Gasteiger partial charge in [-0.2, -0.15) is 0 Å². The molecule has 12 heavy (non-hydrogen) atoms. The summed E-state index contributed by atoms with van der Waals surface area (Å²) < 4.78 is 4.76. The molecule has 1 fully saturated rings. The molecule has 1 amide bonds. The highest BCUT2D eigenvalue weighted by molar-refractivity contribution is 5.89. The van der Waals surface area contributed by atoms with Crippen LogP contribution in [0.4, 0.5) is 4.79 Å². The molecule has 0 spiro atoms. The van der Waals surface area contributed by atoms with Gasteiger partial charge >= 0.3 is 6.09 Å². The highest BCUT2D eigenvalue weighted by Crippen LogP contribution is 2.12. The molecule has 4 heteroatoms. The summed E-state index contributed by atoms with van der Waals surface area (Å²) in [4.78, 5) is 23.6. The van der Waals surface area contributed by atoms with E-state index in [1.54, 1.807) is 6.92 Å². The number of likely N-dealkylation sites (tertiary alicyclic amines) is 1. The summed E-state index contributed by atoms with van der Waals surface area (Å²) in [6.45, 7) is 4.64. The summed E-state index contributed by atoms with van der Waals surface area (Å²) in [5.41, 5.74) is 0. The Morgan fingerprint density at radius 1 is 1.75 bits per heavy atom. The quantitative estimate of drug-likeness (QED) is 0.582. The van der Waals surface area contributed by atoms with E-state index in [-0.39, 0.29) is 24.3 Å². The Balaban J connectivity index is 2.46. The normalized spacial score (nSPS) is 23.0. The topological polar surface area (TPSA) is 46.6 Å². The van der Waals surface area contributed by atoms with E-state index in [9.17, 15) is 9.59 Å². The minimum atomic E-state index is -0.379. The molecule has 0 bridgehead atoms. The molecule has 1 heterocycles. The second-order valence-corrected chi connectivity index (χ2v) is 2.95. The van der Waals surface area contributed by atoms with Gasteiger partial charge in [0.05, 0.1) is 13.2 Å². The molecule has 0 N–H and O–H groups in total. The monoisotopic (exact) mass is 171 g/mol. The summed E-state index contributed by atoms with van der Waals surface area (Å²) in [5, 5.41) is 0. The van der Waals surface area contributed by atoms with Crippen molar-refractivity contribution in [2.24, 2.45) is 5.92 Å². The molecule has 0 unspecified atom stereocenters. The Morgan fingerprint density at radius 2 is 2.42 bits per heavy atom. The van der Waals surface area contributed by atoms with E-state index in [0.29, 0.717) is 13.2 Å². The molecular weight excluding hydrogens is 158 g/mol. The second-order valence-electron chi connectivity index (χ2n) is 2.95. The highest BCUT2D eigenvalue weighted by Gasteiger charge is 2.30. The lowest BCUT2D eigenvalue weighted by molar-refractivity contribution is -0.119. The molecule has 0 saturated carbocycles. The molecule has 4 nitrogen and oxygen atoms in total. The molecule has 1 rings (SSSR count). The fourth-order valence-electron chi connectivity index (χ4n) is 1.19. The van der Waals surface area contributed by atoms with Crippen LogP contribution in [0, 0.1) is 5.92 Å². The van der Waals surface area contributed by atoms with Crippen LogP contribution >= 0.6 is 0 Å². The Hall–Kier alpha value is -1.06. The van der Waals surface area contributed by atoms with Gasteiger partial charge in [0, 0.05) is 12.5 Å². The Labute approximate surface area is 71.5 Å². The van der Waals surface area contributed by atoms with E-state index in [1.807, 2.05) is 6.92 Å². The maximum absolute atomic E-state index is 11.1. The number of hydrogen-bond donors (Lipinski definition) is 0. The average Bonchev–Trinajstić information content (AvgIpc) is 2.33. The maximum atomic E-state index is 11.1. The van der Waals surface area contributed by atoms with Gasteiger partial charge in [0.25, 0.3) is 0 Å². The van der Waals surface area contributed by atoms with Gasteiger partial charge in [0.1, 0.15) is 0 Å². The van der Waals surface area contributed by atoms with E-state index in [0.717, 1.165) is 0 Å². The predicted molar refractivity (Wildman–Crippen MR) is 42.8 cm³/mol. The van der Waals surface area contributed by atoms with Gasteiger partial charge in [-0.1, -0.05) is 6.92 Å². The molecule has 68 valence electrons. The van der Waals surface area contributed by atoms with Crippen LogP contribution in [-0.2, 0) is 9.53 Å². The smallest absolute Gasteiger partial charge is 0.410 e. The SMILES string of the molecule is CCOC(=O)N1CC(=O)[C@H](C)C1. The summed E-state index contributed by atoms with van der Waals surface area (Å²) in [6, 6.07) is 0. The van der Waals surface area contributed by atoms with Crippen molar-refractivity contribution in [3.63, 3.8) is 0 Å². The number of carbonyl (C=O) groups is 2. The third-order valence-electron chi connectivity index (χ3n) is 1.92. The lowest BCUT2D eigenvalue weighted by atomic mass is 10.1. The molecule has 1 saturated heterocycles. The van der Waals surface area contributed by atoms with Crippen molar-refractivity contribution < 1.29 is 14.3 Å². The zero-order valence-electron chi connectivity index (χ0n) is 7.37. The van der Waals surface area contributed by atoms with Crippen LogP contribution in [0.15, 0.2) is 0 Å². The zero-order valence-corrected chi connectivity index (χ0v) is 7.37. The summed E-state index contributed by atoms with van der Waals surface area (Å²) in [6.07, 6.45) is -0.379. The number of ketones is 1. The van der Waals surface area contributed by atoms with Gasteiger partial charge in [0.15, 0.2) is 5.78 Å². The Kier molecular flexibility index (Phi) is 2.68. The Bertz CT molecular complexity index is 202. The molecule has 0 aromatic heterocycles. The van der Waals surface area contributed by atoms with Crippen LogP contribution in [0.3, 0.4) is 0 Å². The first-order valence-corrected chi connectivity index (χ1v) is 4.09. The second kappa shape index (κ2) is 3.56. The first-order valence-electron chi connectivity index (χ1n) is 4.09. The van der Waals surface area contributed by atoms with Crippen LogP contribution in [-0.4, -0.2) is 36.5 Å². The zero-order chi connectivity index (χ0) is 9.14. The van der Waals surface area contributed by atoms with Crippen molar-refractivity contribution in [2.75, 3.05) is 19.7 Å². The number of hydrogen-bond acceptors (Lipinski definition) is 3. The van der Waals surface area contributed by atoms with Crippen molar-refractivity contribution in [1.29, 1.82) is 0 Å². The minimum Gasteiger partial charge on any atom is -0.450 e. The van der Waals surface area contributed by atoms with E-state index in [4.69, 9.17) is 4.74 Å². The molecule has 1 aliphatic heterocycles. The highest BCUT2D eigenvalue weighted by atomic mass is 16.6. The maximum Gasteiger partial charge on any atom is 0.410 e. The molecule has 0 aliphatic carbocycles. The van der Waals surface area contributed by atoms with E-state index >= 15 is 0 Å². The molecule has 0 radical (unpaired) electrons. The van der Waals surface area contributed by atoms with Crippen LogP contribution in [0.2, 0.25) is 0 Å². The molecule has 1 atom stereocenters. The summed E-state index contributed by atoms with van der Waals surface area (Å²) >= 11 is 0. The van der Waals surface area contributed by atoms with Crippen molar-refractivity contribution in [2.45, 2.75) is 13.8 Å². The van der Waals surface area contributed by atoms with Gasteiger partial charge < -0.3 is 9.64 Å². The van der Waals surface area contributed by atoms with Gasteiger partial charge in [-0.3, -0.25) is 4.79 Å². The largest absolute Gasteiger partial charge is 0.450 e. The number of amides is 1. The van der Waals surface area contributed by atoms with Crippen molar-refractivity contribution in [3.8, 4) is 0 Å². The molecular formula is C8H13NO3. The summed E-state index contributed by atoms with van der Waals surface area (Å²) in [5.74, 6) is 0.0810. The van der Waals surface area contributed by atoms with Gasteiger partial charge in [-0.15, -0.1) is 0 Å². The number of ether oxygens (including phenoxy) is 1. The van der Waals surface area contributed by atoms with E-state index < -0.39 is 0 Å². The summed E-state index contributed by atoms with van der Waals surface area (Å²) in [7, 11) is 0. The number of nitrogens with zero attached hydrogens (tertiary/aromatic N) is 1. The average molecular weight is 171 g/mol. The third-order valence-corrected chi connectivity index (χ3v) is 1.92. The van der Waals surface area contributed by atoms with Crippen LogP contribution < -0.4 is 0 Å². The van der Waals surface area contributed by atoms with E-state index in [2.05, 4.69) is 0 Å². The van der Waals surface area contributed by atoms with Crippen molar-refractivity contribution in [1.82, 2.24) is 4.90 Å². The fourth-order valence-corrected chi connectivity index (χ4v) is 1.19. The van der Waals surface area contributed by atoms with Crippen LogP contribution in [0.1, 0.15) is 13.8 Å². The van der Waals surface area contributed by atoms with Gasteiger partial charge in [0.2, 0.25) is 0 Å². The van der Waals surface area contributed by atoms with Gasteiger partial charge in [-0.05, 0) is 6.92 Å². The van der Waals surface area contributed by atoms with E-state index in [1.165, 1.54) is 4.90 Å². The number of rotatable bonds is 1. The van der Waals surface area contributed by atoms with Crippen molar-refractivity contribution >= 4 is 11.9 Å². The molecule has 1 aliphatic rings. The van der Waals surface area contributed by atoms with Crippen LogP contribution in [0.5, 0.6) is 0 Å².